The van der Waals surface area contributed by atoms with Crippen LogP contribution in [0.25, 0.3) is 0 Å². The highest BCUT2D eigenvalue weighted by Crippen LogP contribution is 2.07. The molecule has 1 amide bonds. The van der Waals surface area contributed by atoms with Gasteiger partial charge < -0.3 is 9.64 Å². The number of ketones is 1. The molecular formula is C15H21N3O3. The van der Waals surface area contributed by atoms with E-state index in [-0.39, 0.29) is 11.9 Å². The van der Waals surface area contributed by atoms with Crippen molar-refractivity contribution in [2.75, 3.05) is 39.3 Å². The molecule has 1 aliphatic rings. The number of rotatable bonds is 5. The van der Waals surface area contributed by atoms with Gasteiger partial charge in [0.2, 0.25) is 0 Å². The maximum absolute atomic E-state index is 12.0. The van der Waals surface area contributed by atoms with Crippen molar-refractivity contribution in [3.8, 4) is 0 Å². The van der Waals surface area contributed by atoms with E-state index in [9.17, 15) is 9.59 Å². The molecular weight excluding hydrogens is 270 g/mol. The third-order valence-electron chi connectivity index (χ3n) is 3.54. The van der Waals surface area contributed by atoms with E-state index in [0.717, 1.165) is 13.1 Å². The molecule has 0 spiro atoms. The summed E-state index contributed by atoms with van der Waals surface area (Å²) in [5.41, 5.74) is 0.655. The van der Waals surface area contributed by atoms with Crippen LogP contribution in [0.1, 0.15) is 23.7 Å². The molecule has 6 nitrogen and oxygen atoms in total. The number of nitrogens with zero attached hydrogens (tertiary/aromatic N) is 3. The average Bonchev–Trinajstić information content (AvgIpc) is 2.54. The molecule has 21 heavy (non-hydrogen) atoms. The molecule has 2 heterocycles. The van der Waals surface area contributed by atoms with Gasteiger partial charge in [-0.2, -0.15) is 0 Å². The van der Waals surface area contributed by atoms with Crippen LogP contribution in [0.4, 0.5) is 4.79 Å². The number of carbonyl (C=O) groups excluding carboxylic acids is 2. The molecule has 0 radical (unpaired) electrons. The van der Waals surface area contributed by atoms with E-state index in [2.05, 4.69) is 9.88 Å². The maximum atomic E-state index is 12.0. The van der Waals surface area contributed by atoms with Crippen LogP contribution in [-0.4, -0.2) is 66.0 Å². The zero-order valence-electron chi connectivity index (χ0n) is 12.3. The standard InChI is InChI=1S/C15H21N3O3/c1-2-21-15(20)18-10-8-17(9-11-18)7-5-14(19)13-4-3-6-16-12-13/h3-4,6,12H,2,5,7-11H2,1H3. The summed E-state index contributed by atoms with van der Waals surface area (Å²) in [6.07, 6.45) is 3.49. The number of aromatic nitrogens is 1. The smallest absolute Gasteiger partial charge is 0.409 e. The molecule has 1 saturated heterocycles. The second-order valence-electron chi connectivity index (χ2n) is 4.94. The molecule has 0 aliphatic carbocycles. The van der Waals surface area contributed by atoms with Crippen molar-refractivity contribution < 1.29 is 14.3 Å². The maximum Gasteiger partial charge on any atom is 0.409 e. The summed E-state index contributed by atoms with van der Waals surface area (Å²) in [7, 11) is 0. The Balaban J connectivity index is 1.72. The van der Waals surface area contributed by atoms with Crippen molar-refractivity contribution in [2.45, 2.75) is 13.3 Å². The second kappa shape index (κ2) is 7.73. The van der Waals surface area contributed by atoms with Crippen LogP contribution in [0.15, 0.2) is 24.5 Å². The first kappa shape index (κ1) is 15.4. The molecule has 6 heteroatoms. The molecule has 0 bridgehead atoms. The number of pyridine rings is 1. The van der Waals surface area contributed by atoms with Gasteiger partial charge in [-0.25, -0.2) is 4.79 Å². The minimum Gasteiger partial charge on any atom is -0.450 e. The van der Waals surface area contributed by atoms with E-state index in [1.807, 2.05) is 0 Å². The fraction of sp³-hybridized carbons (Fsp3) is 0.533. The van der Waals surface area contributed by atoms with Crippen LogP contribution in [0.3, 0.4) is 0 Å². The highest BCUT2D eigenvalue weighted by atomic mass is 16.6. The molecule has 2 rings (SSSR count). The van der Waals surface area contributed by atoms with Gasteiger partial charge in [-0.15, -0.1) is 0 Å². The quantitative estimate of drug-likeness (QED) is 0.768. The van der Waals surface area contributed by atoms with Gasteiger partial charge in [-0.05, 0) is 19.1 Å². The van der Waals surface area contributed by atoms with Crippen molar-refractivity contribution in [3.05, 3.63) is 30.1 Å². The SMILES string of the molecule is CCOC(=O)N1CCN(CCC(=O)c2cccnc2)CC1. The van der Waals surface area contributed by atoms with Crippen LogP contribution in [0, 0.1) is 0 Å². The zero-order valence-corrected chi connectivity index (χ0v) is 12.3. The average molecular weight is 291 g/mol. The number of Topliss-reactive ketones (excluding diaryl/α,β-unsaturated/α-hetero) is 1. The predicted octanol–water partition coefficient (Wildman–Crippen LogP) is 1.43. The van der Waals surface area contributed by atoms with Crippen molar-refractivity contribution in [1.82, 2.24) is 14.8 Å². The fourth-order valence-corrected chi connectivity index (χ4v) is 2.30. The highest BCUT2D eigenvalue weighted by molar-refractivity contribution is 5.95. The first-order chi connectivity index (χ1) is 10.2. The van der Waals surface area contributed by atoms with Gasteiger partial charge in [0, 0.05) is 57.1 Å². The molecule has 0 aromatic carbocycles. The van der Waals surface area contributed by atoms with Crippen molar-refractivity contribution in [2.24, 2.45) is 0 Å². The van der Waals surface area contributed by atoms with Crippen LogP contribution >= 0.6 is 0 Å². The summed E-state index contributed by atoms with van der Waals surface area (Å²) in [6, 6.07) is 3.55. The topological polar surface area (TPSA) is 62.7 Å². The Kier molecular flexibility index (Phi) is 5.68. The Labute approximate surface area is 124 Å². The predicted molar refractivity (Wildman–Crippen MR) is 78.2 cm³/mol. The fourth-order valence-electron chi connectivity index (χ4n) is 2.30. The molecule has 1 aromatic heterocycles. The van der Waals surface area contributed by atoms with Gasteiger partial charge in [0.05, 0.1) is 6.61 Å². The summed E-state index contributed by atoms with van der Waals surface area (Å²) < 4.78 is 4.98. The summed E-state index contributed by atoms with van der Waals surface area (Å²) in [5.74, 6) is 0.107. The molecule has 0 saturated carbocycles. The summed E-state index contributed by atoms with van der Waals surface area (Å²) >= 11 is 0. The number of hydrogen-bond donors (Lipinski definition) is 0. The van der Waals surface area contributed by atoms with E-state index >= 15 is 0 Å². The first-order valence-electron chi connectivity index (χ1n) is 7.28. The van der Waals surface area contributed by atoms with Crippen molar-refractivity contribution in [1.29, 1.82) is 0 Å². The molecule has 0 unspecified atom stereocenters. The Bertz CT molecular complexity index is 470. The largest absolute Gasteiger partial charge is 0.450 e. The third-order valence-corrected chi connectivity index (χ3v) is 3.54. The Morgan fingerprint density at radius 2 is 2.05 bits per heavy atom. The minimum atomic E-state index is -0.247. The van der Waals surface area contributed by atoms with Gasteiger partial charge in [-0.3, -0.25) is 14.7 Å². The zero-order chi connectivity index (χ0) is 15.1. The van der Waals surface area contributed by atoms with E-state index in [4.69, 9.17) is 4.74 Å². The summed E-state index contributed by atoms with van der Waals surface area (Å²) in [4.78, 5) is 31.4. The van der Waals surface area contributed by atoms with E-state index < -0.39 is 0 Å². The lowest BCUT2D eigenvalue weighted by Crippen LogP contribution is -2.49. The molecule has 0 N–H and O–H groups in total. The Hall–Kier alpha value is -1.95. The molecule has 0 atom stereocenters. The van der Waals surface area contributed by atoms with Gasteiger partial charge in [0.1, 0.15) is 0 Å². The third kappa shape index (κ3) is 4.53. The molecule has 1 fully saturated rings. The van der Waals surface area contributed by atoms with E-state index in [1.54, 1.807) is 36.4 Å². The first-order valence-corrected chi connectivity index (χ1v) is 7.28. The number of amides is 1. The van der Waals surface area contributed by atoms with Crippen LogP contribution in [0.5, 0.6) is 0 Å². The number of ether oxygens (including phenoxy) is 1. The minimum absolute atomic E-state index is 0.107. The Morgan fingerprint density at radius 1 is 1.29 bits per heavy atom. The van der Waals surface area contributed by atoms with Gasteiger partial charge in [0.25, 0.3) is 0 Å². The van der Waals surface area contributed by atoms with Crippen molar-refractivity contribution >= 4 is 11.9 Å². The van der Waals surface area contributed by atoms with Gasteiger partial charge in [-0.1, -0.05) is 0 Å². The molecule has 1 aliphatic heterocycles. The lowest BCUT2D eigenvalue weighted by atomic mass is 10.1. The summed E-state index contributed by atoms with van der Waals surface area (Å²) in [6.45, 7) is 5.78. The molecule has 114 valence electrons. The van der Waals surface area contributed by atoms with Crippen LogP contribution in [0.2, 0.25) is 0 Å². The number of carbonyl (C=O) groups is 2. The lowest BCUT2D eigenvalue weighted by molar-refractivity contribution is 0.0764. The normalized spacial score (nSPS) is 15.8. The van der Waals surface area contributed by atoms with Gasteiger partial charge >= 0.3 is 6.09 Å². The van der Waals surface area contributed by atoms with Gasteiger partial charge in [0.15, 0.2) is 5.78 Å². The molecule has 1 aromatic rings. The number of piperazine rings is 1. The van der Waals surface area contributed by atoms with E-state index in [1.165, 1.54) is 0 Å². The van der Waals surface area contributed by atoms with Crippen molar-refractivity contribution in [3.63, 3.8) is 0 Å². The van der Waals surface area contributed by atoms with Crippen LogP contribution < -0.4 is 0 Å². The second-order valence-corrected chi connectivity index (χ2v) is 4.94. The lowest BCUT2D eigenvalue weighted by Gasteiger charge is -2.33. The Morgan fingerprint density at radius 3 is 2.67 bits per heavy atom. The van der Waals surface area contributed by atoms with E-state index in [0.29, 0.717) is 38.2 Å². The highest BCUT2D eigenvalue weighted by Gasteiger charge is 2.22. The summed E-state index contributed by atoms with van der Waals surface area (Å²) in [5, 5.41) is 0. The van der Waals surface area contributed by atoms with Crippen LogP contribution in [-0.2, 0) is 4.74 Å². The number of hydrogen-bond acceptors (Lipinski definition) is 5. The monoisotopic (exact) mass is 291 g/mol.